The lowest BCUT2D eigenvalue weighted by atomic mass is 10.2. The molecule has 0 aliphatic heterocycles. The Morgan fingerprint density at radius 1 is 1.45 bits per heavy atom. The Balaban J connectivity index is 3.82. The Morgan fingerprint density at radius 2 is 2.00 bits per heavy atom. The molecule has 0 fully saturated rings. The molecule has 0 spiro atoms. The topological polar surface area (TPSA) is 3.24 Å². The minimum Gasteiger partial charge on any atom is -0.300 e. The highest BCUT2D eigenvalue weighted by Crippen LogP contribution is 2.04. The van der Waals surface area contributed by atoms with Crippen LogP contribution in [0.2, 0.25) is 0 Å². The van der Waals surface area contributed by atoms with Gasteiger partial charge in [0.2, 0.25) is 0 Å². The molecule has 66 valence electrons. The van der Waals surface area contributed by atoms with Crippen LogP contribution >= 0.6 is 0 Å². The number of rotatable bonds is 4. The monoisotopic (exact) mass is 155 g/mol. The fraction of sp³-hybridized carbons (Fsp3) is 0.800. The third-order valence-corrected chi connectivity index (χ3v) is 2.20. The molecule has 0 aliphatic rings. The van der Waals surface area contributed by atoms with Gasteiger partial charge in [-0.1, -0.05) is 18.6 Å². The van der Waals surface area contributed by atoms with Crippen LogP contribution in [0.1, 0.15) is 34.1 Å². The van der Waals surface area contributed by atoms with E-state index in [0.29, 0.717) is 6.04 Å². The largest absolute Gasteiger partial charge is 0.300 e. The molecule has 0 rings (SSSR count). The van der Waals surface area contributed by atoms with E-state index in [9.17, 15) is 0 Å². The molecule has 0 amide bonds. The van der Waals surface area contributed by atoms with Crippen LogP contribution in [-0.4, -0.2) is 24.5 Å². The van der Waals surface area contributed by atoms with Crippen molar-refractivity contribution in [1.82, 2.24) is 4.90 Å². The molecule has 0 heterocycles. The van der Waals surface area contributed by atoms with Gasteiger partial charge in [0.15, 0.2) is 0 Å². The maximum Gasteiger partial charge on any atom is 0.0192 e. The second-order valence-corrected chi connectivity index (χ2v) is 3.31. The minimum absolute atomic E-state index is 0.650. The van der Waals surface area contributed by atoms with Gasteiger partial charge in [0.05, 0.1) is 0 Å². The summed E-state index contributed by atoms with van der Waals surface area (Å²) >= 11 is 0. The van der Waals surface area contributed by atoms with E-state index in [2.05, 4.69) is 45.7 Å². The summed E-state index contributed by atoms with van der Waals surface area (Å²) in [6, 6.07) is 0.650. The highest BCUT2D eigenvalue weighted by molar-refractivity contribution is 5.01. The van der Waals surface area contributed by atoms with Gasteiger partial charge in [0, 0.05) is 12.6 Å². The maximum absolute atomic E-state index is 2.36. The molecule has 1 heteroatoms. The van der Waals surface area contributed by atoms with Gasteiger partial charge in [-0.3, -0.25) is 0 Å². The lowest BCUT2D eigenvalue weighted by Crippen LogP contribution is -2.28. The van der Waals surface area contributed by atoms with Gasteiger partial charge in [-0.25, -0.2) is 0 Å². The number of nitrogens with zero attached hydrogens (tertiary/aromatic N) is 1. The number of hydrogen-bond donors (Lipinski definition) is 0. The molecule has 11 heavy (non-hydrogen) atoms. The van der Waals surface area contributed by atoms with E-state index in [0.717, 1.165) is 6.54 Å². The molecule has 1 nitrogen and oxygen atoms in total. The molecule has 0 aliphatic carbocycles. The molecule has 0 N–H and O–H groups in total. The fourth-order valence-electron chi connectivity index (χ4n) is 0.910. The molecule has 0 unspecified atom stereocenters. The molecule has 0 radical (unpaired) electrons. The summed E-state index contributed by atoms with van der Waals surface area (Å²) in [7, 11) is 2.17. The summed E-state index contributed by atoms with van der Waals surface area (Å²) in [6.45, 7) is 9.90. The predicted molar refractivity (Wildman–Crippen MR) is 51.8 cm³/mol. The van der Waals surface area contributed by atoms with Crippen LogP contribution in [0.3, 0.4) is 0 Å². The van der Waals surface area contributed by atoms with Gasteiger partial charge < -0.3 is 4.90 Å². The van der Waals surface area contributed by atoms with E-state index in [4.69, 9.17) is 0 Å². The van der Waals surface area contributed by atoms with Crippen LogP contribution in [0.5, 0.6) is 0 Å². The van der Waals surface area contributed by atoms with Crippen LogP contribution in [0.4, 0.5) is 0 Å². The van der Waals surface area contributed by atoms with E-state index < -0.39 is 0 Å². The van der Waals surface area contributed by atoms with E-state index >= 15 is 0 Å². The molecule has 0 saturated carbocycles. The predicted octanol–water partition coefficient (Wildman–Crippen LogP) is 2.68. The van der Waals surface area contributed by atoms with Crippen LogP contribution in [-0.2, 0) is 0 Å². The van der Waals surface area contributed by atoms with Crippen molar-refractivity contribution in [2.75, 3.05) is 13.6 Å². The highest BCUT2D eigenvalue weighted by atomic mass is 15.1. The normalized spacial score (nSPS) is 13.2. The van der Waals surface area contributed by atoms with Crippen LogP contribution in [0, 0.1) is 0 Å². The zero-order valence-corrected chi connectivity index (χ0v) is 8.52. The Hall–Kier alpha value is -0.300. The van der Waals surface area contributed by atoms with Crippen molar-refractivity contribution >= 4 is 0 Å². The molecule has 0 aromatic rings. The zero-order valence-electron chi connectivity index (χ0n) is 8.52. The molecular weight excluding hydrogens is 134 g/mol. The average Bonchev–Trinajstić information content (AvgIpc) is 1.99. The van der Waals surface area contributed by atoms with Crippen molar-refractivity contribution < 1.29 is 0 Å². The molecule has 0 saturated heterocycles. The molecule has 0 aromatic carbocycles. The van der Waals surface area contributed by atoms with Crippen molar-refractivity contribution in [3.63, 3.8) is 0 Å². The van der Waals surface area contributed by atoms with Gasteiger partial charge in [0.1, 0.15) is 0 Å². The first-order valence-corrected chi connectivity index (χ1v) is 4.46. The second-order valence-electron chi connectivity index (χ2n) is 3.31. The Morgan fingerprint density at radius 3 is 2.27 bits per heavy atom. The highest BCUT2D eigenvalue weighted by Gasteiger charge is 2.03. The number of hydrogen-bond acceptors (Lipinski definition) is 1. The van der Waals surface area contributed by atoms with Crippen molar-refractivity contribution in [3.8, 4) is 0 Å². The first-order valence-electron chi connectivity index (χ1n) is 4.46. The fourth-order valence-corrected chi connectivity index (χ4v) is 0.910. The van der Waals surface area contributed by atoms with Crippen molar-refractivity contribution in [2.45, 2.75) is 40.2 Å². The van der Waals surface area contributed by atoms with Gasteiger partial charge >= 0.3 is 0 Å². The molecule has 0 atom stereocenters. The zero-order chi connectivity index (χ0) is 8.85. The standard InChI is InChI=1S/C10H21N/c1-6-10(7-2)8-11(5)9(3)4/h6,9H,7-8H2,1-5H3/b10-6-. The van der Waals surface area contributed by atoms with Crippen LogP contribution < -0.4 is 0 Å². The second kappa shape index (κ2) is 5.36. The third-order valence-electron chi connectivity index (χ3n) is 2.20. The minimum atomic E-state index is 0.650. The molecule has 0 bridgehead atoms. The van der Waals surface area contributed by atoms with E-state index in [1.54, 1.807) is 0 Å². The smallest absolute Gasteiger partial charge is 0.0192 e. The number of likely N-dealkylation sites (N-methyl/N-ethyl adjacent to an activating group) is 1. The van der Waals surface area contributed by atoms with Crippen LogP contribution in [0.15, 0.2) is 11.6 Å². The summed E-state index contributed by atoms with van der Waals surface area (Å²) in [5, 5.41) is 0. The van der Waals surface area contributed by atoms with Gasteiger partial charge in [-0.2, -0.15) is 0 Å². The van der Waals surface area contributed by atoms with E-state index in [1.165, 1.54) is 12.0 Å². The summed E-state index contributed by atoms with van der Waals surface area (Å²) < 4.78 is 0. The van der Waals surface area contributed by atoms with Crippen LogP contribution in [0.25, 0.3) is 0 Å². The molecule has 0 aromatic heterocycles. The summed E-state index contributed by atoms with van der Waals surface area (Å²) in [5.74, 6) is 0. The maximum atomic E-state index is 2.36. The Bertz CT molecular complexity index is 125. The quantitative estimate of drug-likeness (QED) is 0.564. The van der Waals surface area contributed by atoms with Crippen molar-refractivity contribution in [2.24, 2.45) is 0 Å². The van der Waals surface area contributed by atoms with Gasteiger partial charge in [-0.15, -0.1) is 0 Å². The van der Waals surface area contributed by atoms with Gasteiger partial charge in [0.25, 0.3) is 0 Å². The Labute approximate surface area is 71.1 Å². The average molecular weight is 155 g/mol. The Kier molecular flexibility index (Phi) is 5.22. The molecular formula is C10H21N. The summed E-state index contributed by atoms with van der Waals surface area (Å²) in [6.07, 6.45) is 3.40. The van der Waals surface area contributed by atoms with Gasteiger partial charge in [-0.05, 0) is 34.2 Å². The van der Waals surface area contributed by atoms with Crippen molar-refractivity contribution in [3.05, 3.63) is 11.6 Å². The SMILES string of the molecule is C/C=C(/CC)CN(C)C(C)C. The summed E-state index contributed by atoms with van der Waals surface area (Å²) in [4.78, 5) is 2.36. The van der Waals surface area contributed by atoms with Crippen molar-refractivity contribution in [1.29, 1.82) is 0 Å². The lowest BCUT2D eigenvalue weighted by Gasteiger charge is -2.21. The van der Waals surface area contributed by atoms with E-state index in [1.807, 2.05) is 0 Å². The summed E-state index contributed by atoms with van der Waals surface area (Å²) in [5.41, 5.74) is 1.53. The first kappa shape index (κ1) is 10.7. The van der Waals surface area contributed by atoms with E-state index in [-0.39, 0.29) is 0 Å². The first-order chi connectivity index (χ1) is 5.11. The third kappa shape index (κ3) is 4.20. The number of allylic oxidation sites excluding steroid dienone is 1. The lowest BCUT2D eigenvalue weighted by molar-refractivity contribution is 0.294.